The smallest absolute Gasteiger partial charge is 0.280 e. The van der Waals surface area contributed by atoms with Gasteiger partial charge in [-0.2, -0.15) is 0 Å². The van der Waals surface area contributed by atoms with Crippen LogP contribution in [0, 0.1) is 10.1 Å². The summed E-state index contributed by atoms with van der Waals surface area (Å²) in [5.74, 6) is 0.421. The molecule has 0 N–H and O–H groups in total. The summed E-state index contributed by atoms with van der Waals surface area (Å²) in [7, 11) is 0. The van der Waals surface area contributed by atoms with Gasteiger partial charge < -0.3 is 9.47 Å². The normalized spacial score (nSPS) is 12.6. The van der Waals surface area contributed by atoms with Crippen LogP contribution in [0.4, 0.5) is 10.8 Å². The molecular formula is C19H15N3O5S. The Kier molecular flexibility index (Phi) is 4.66. The van der Waals surface area contributed by atoms with Gasteiger partial charge in [-0.15, -0.1) is 0 Å². The Hall–Kier alpha value is -3.46. The first-order chi connectivity index (χ1) is 13.6. The van der Waals surface area contributed by atoms with Crippen LogP contribution in [0.5, 0.6) is 11.5 Å². The van der Waals surface area contributed by atoms with Crippen LogP contribution in [0.3, 0.4) is 0 Å². The topological polar surface area (TPSA) is 94.8 Å². The van der Waals surface area contributed by atoms with Crippen LogP contribution in [0.2, 0.25) is 0 Å². The van der Waals surface area contributed by atoms with Crippen LogP contribution >= 0.6 is 11.3 Å². The second kappa shape index (κ2) is 7.28. The second-order valence-corrected chi connectivity index (χ2v) is 6.91. The van der Waals surface area contributed by atoms with E-state index in [-0.39, 0.29) is 24.0 Å². The Morgan fingerprint density at radius 3 is 2.79 bits per heavy atom. The van der Waals surface area contributed by atoms with E-state index in [9.17, 15) is 14.9 Å². The molecule has 2 heterocycles. The molecule has 0 saturated heterocycles. The molecule has 0 atom stereocenters. The number of ether oxygens (including phenoxy) is 2. The number of carbonyl (C=O) groups is 1. The molecular weight excluding hydrogens is 382 g/mol. The Balaban J connectivity index is 1.63. The van der Waals surface area contributed by atoms with E-state index in [1.807, 2.05) is 31.2 Å². The molecule has 142 valence electrons. The Labute approximate surface area is 163 Å². The molecule has 0 saturated carbocycles. The highest BCUT2D eigenvalue weighted by molar-refractivity contribution is 7.22. The number of rotatable bonds is 5. The average Bonchev–Trinajstić information content (AvgIpc) is 3.32. The summed E-state index contributed by atoms with van der Waals surface area (Å²) in [5.41, 5.74) is 0.934. The average molecular weight is 397 g/mol. The van der Waals surface area contributed by atoms with E-state index < -0.39 is 4.92 Å². The molecule has 8 nitrogen and oxygen atoms in total. The van der Waals surface area contributed by atoms with Gasteiger partial charge in [-0.25, -0.2) is 4.98 Å². The maximum Gasteiger partial charge on any atom is 0.280 e. The fourth-order valence-electron chi connectivity index (χ4n) is 2.85. The van der Waals surface area contributed by atoms with Crippen molar-refractivity contribution in [2.75, 3.05) is 18.2 Å². The van der Waals surface area contributed by atoms with Crippen molar-refractivity contribution in [3.8, 4) is 11.5 Å². The molecule has 1 amide bonds. The zero-order valence-corrected chi connectivity index (χ0v) is 15.6. The summed E-state index contributed by atoms with van der Waals surface area (Å²) in [6.07, 6.45) is 2.72. The first kappa shape index (κ1) is 17.9. The number of anilines is 1. The molecule has 0 fully saturated rings. The van der Waals surface area contributed by atoms with Gasteiger partial charge in [0.25, 0.3) is 11.6 Å². The standard InChI is InChI=1S/C19H15N3O5S/c1-2-21(19-20-13-5-3-4-6-17(13)28-19)18(23)8-7-12-9-15-16(27-11-26-15)10-14(12)22(24)25/h3-10H,2,11H2,1H3/b8-7+. The van der Waals surface area contributed by atoms with E-state index in [1.165, 1.54) is 40.5 Å². The van der Waals surface area contributed by atoms with Crippen molar-refractivity contribution in [2.45, 2.75) is 6.92 Å². The number of aromatic nitrogens is 1. The van der Waals surface area contributed by atoms with E-state index >= 15 is 0 Å². The van der Waals surface area contributed by atoms with E-state index in [2.05, 4.69) is 4.98 Å². The number of nitro benzene ring substituents is 1. The summed E-state index contributed by atoms with van der Waals surface area (Å²) in [6, 6.07) is 10.4. The number of amides is 1. The third-order valence-corrected chi connectivity index (χ3v) is 5.28. The van der Waals surface area contributed by atoms with Crippen LogP contribution in [-0.4, -0.2) is 29.2 Å². The highest BCUT2D eigenvalue weighted by Crippen LogP contribution is 2.38. The van der Waals surface area contributed by atoms with Crippen molar-refractivity contribution in [1.82, 2.24) is 4.98 Å². The lowest BCUT2D eigenvalue weighted by molar-refractivity contribution is -0.385. The number of benzene rings is 2. The van der Waals surface area contributed by atoms with E-state index in [1.54, 1.807) is 0 Å². The first-order valence-electron chi connectivity index (χ1n) is 8.50. The van der Waals surface area contributed by atoms with Crippen molar-refractivity contribution in [1.29, 1.82) is 0 Å². The lowest BCUT2D eigenvalue weighted by atomic mass is 10.1. The predicted octanol–water partition coefficient (Wildman–Crippen LogP) is 4.00. The highest BCUT2D eigenvalue weighted by Gasteiger charge is 2.23. The minimum Gasteiger partial charge on any atom is -0.454 e. The number of para-hydroxylation sites is 1. The lowest BCUT2D eigenvalue weighted by Gasteiger charge is -2.15. The largest absolute Gasteiger partial charge is 0.454 e. The molecule has 9 heteroatoms. The van der Waals surface area contributed by atoms with Crippen LogP contribution in [0.25, 0.3) is 16.3 Å². The number of thiazole rings is 1. The van der Waals surface area contributed by atoms with E-state index in [4.69, 9.17) is 9.47 Å². The van der Waals surface area contributed by atoms with Gasteiger partial charge >= 0.3 is 0 Å². The maximum absolute atomic E-state index is 12.7. The van der Waals surface area contributed by atoms with Crippen molar-refractivity contribution in [3.05, 3.63) is 58.2 Å². The SMILES string of the molecule is CCN(C(=O)/C=C/c1cc2c(cc1[N+](=O)[O-])OCO2)c1nc2ccccc2s1. The Morgan fingerprint density at radius 1 is 1.32 bits per heavy atom. The number of carbonyl (C=O) groups excluding carboxylic acids is 1. The molecule has 28 heavy (non-hydrogen) atoms. The zero-order valence-electron chi connectivity index (χ0n) is 14.8. The number of hydrogen-bond donors (Lipinski definition) is 0. The van der Waals surface area contributed by atoms with Crippen molar-refractivity contribution >= 4 is 44.4 Å². The Bertz CT molecular complexity index is 1080. The van der Waals surface area contributed by atoms with Gasteiger partial charge in [0.05, 0.1) is 26.8 Å². The molecule has 0 bridgehead atoms. The fourth-order valence-corrected chi connectivity index (χ4v) is 3.89. The summed E-state index contributed by atoms with van der Waals surface area (Å²) >= 11 is 1.42. The third kappa shape index (κ3) is 3.27. The van der Waals surface area contributed by atoms with Crippen LogP contribution in [0.1, 0.15) is 12.5 Å². The molecule has 0 spiro atoms. The maximum atomic E-state index is 12.7. The molecule has 2 aromatic carbocycles. The predicted molar refractivity (Wildman–Crippen MR) is 106 cm³/mol. The fraction of sp³-hybridized carbons (Fsp3) is 0.158. The number of fused-ring (bicyclic) bond motifs is 2. The van der Waals surface area contributed by atoms with E-state index in [0.29, 0.717) is 23.2 Å². The summed E-state index contributed by atoms with van der Waals surface area (Å²) < 4.78 is 11.4. The molecule has 1 aromatic heterocycles. The second-order valence-electron chi connectivity index (χ2n) is 5.90. The van der Waals surface area contributed by atoms with Gasteiger partial charge in [0.2, 0.25) is 6.79 Å². The van der Waals surface area contributed by atoms with Crippen LogP contribution in [-0.2, 0) is 4.79 Å². The number of hydrogen-bond acceptors (Lipinski definition) is 7. The molecule has 0 radical (unpaired) electrons. The third-order valence-electron chi connectivity index (χ3n) is 4.22. The van der Waals surface area contributed by atoms with Crippen LogP contribution in [0.15, 0.2) is 42.5 Å². The molecule has 1 aliphatic rings. The molecule has 0 unspecified atom stereocenters. The lowest BCUT2D eigenvalue weighted by Crippen LogP contribution is -2.28. The first-order valence-corrected chi connectivity index (χ1v) is 9.31. The minimum absolute atomic E-state index is 0.0137. The molecule has 3 aromatic rings. The molecule has 1 aliphatic heterocycles. The molecule has 0 aliphatic carbocycles. The summed E-state index contributed by atoms with van der Waals surface area (Å²) in [5, 5.41) is 11.9. The monoisotopic (exact) mass is 397 g/mol. The van der Waals surface area contributed by atoms with Crippen molar-refractivity contribution < 1.29 is 19.2 Å². The number of nitro groups is 1. The highest BCUT2D eigenvalue weighted by atomic mass is 32.1. The number of likely N-dealkylation sites (N-methyl/N-ethyl adjacent to an activating group) is 1. The van der Waals surface area contributed by atoms with Crippen molar-refractivity contribution in [2.24, 2.45) is 0 Å². The van der Waals surface area contributed by atoms with Gasteiger partial charge in [-0.1, -0.05) is 23.5 Å². The van der Waals surface area contributed by atoms with Gasteiger partial charge in [-0.05, 0) is 31.2 Å². The van der Waals surface area contributed by atoms with Crippen LogP contribution < -0.4 is 14.4 Å². The van der Waals surface area contributed by atoms with Crippen molar-refractivity contribution in [3.63, 3.8) is 0 Å². The zero-order chi connectivity index (χ0) is 19.7. The van der Waals surface area contributed by atoms with Gasteiger partial charge in [0.15, 0.2) is 16.6 Å². The Morgan fingerprint density at radius 2 is 2.07 bits per heavy atom. The van der Waals surface area contributed by atoms with Gasteiger partial charge in [0.1, 0.15) is 0 Å². The number of nitrogens with zero attached hydrogens (tertiary/aromatic N) is 3. The van der Waals surface area contributed by atoms with Gasteiger partial charge in [0, 0.05) is 12.6 Å². The molecule has 4 rings (SSSR count). The summed E-state index contributed by atoms with van der Waals surface area (Å²) in [6.45, 7) is 2.28. The minimum atomic E-state index is -0.517. The van der Waals surface area contributed by atoms with E-state index in [0.717, 1.165) is 10.2 Å². The van der Waals surface area contributed by atoms with Gasteiger partial charge in [-0.3, -0.25) is 19.8 Å². The summed E-state index contributed by atoms with van der Waals surface area (Å²) in [4.78, 5) is 29.6. The quantitative estimate of drug-likeness (QED) is 0.367.